The van der Waals surface area contributed by atoms with E-state index in [1.54, 1.807) is 6.07 Å². The molecule has 25 heavy (non-hydrogen) atoms. The first-order valence-electron chi connectivity index (χ1n) is 7.80. The Morgan fingerprint density at radius 3 is 2.80 bits per heavy atom. The van der Waals surface area contributed by atoms with Crippen molar-refractivity contribution in [3.05, 3.63) is 53.5 Å². The second kappa shape index (κ2) is 6.44. The van der Waals surface area contributed by atoms with E-state index in [1.807, 2.05) is 0 Å². The monoisotopic (exact) mass is 354 g/mol. The van der Waals surface area contributed by atoms with Crippen LogP contribution >= 0.6 is 0 Å². The maximum atomic E-state index is 12.9. The quantitative estimate of drug-likeness (QED) is 0.788. The number of furan rings is 1. The molecule has 2 amide bonds. The highest BCUT2D eigenvalue weighted by molar-refractivity contribution is 5.90. The molecule has 1 aromatic heterocycles. The summed E-state index contributed by atoms with van der Waals surface area (Å²) in [5, 5.41) is 15.4. The number of anilines is 1. The number of halogens is 3. The Balaban J connectivity index is 1.67. The van der Waals surface area contributed by atoms with Crippen LogP contribution in [0.4, 0.5) is 23.7 Å². The van der Waals surface area contributed by atoms with Crippen LogP contribution in [-0.2, 0) is 18.2 Å². The van der Waals surface area contributed by atoms with E-state index in [2.05, 4.69) is 10.6 Å². The number of carbonyl (C=O) groups excluding carboxylic acids is 1. The van der Waals surface area contributed by atoms with Gasteiger partial charge in [-0.3, -0.25) is 0 Å². The Morgan fingerprint density at radius 2 is 2.04 bits per heavy atom. The largest absolute Gasteiger partial charge is 0.469 e. The van der Waals surface area contributed by atoms with Gasteiger partial charge >= 0.3 is 12.2 Å². The first-order valence-corrected chi connectivity index (χ1v) is 7.80. The average molecular weight is 354 g/mol. The molecule has 0 radical (unpaired) electrons. The van der Waals surface area contributed by atoms with Crippen LogP contribution in [0.2, 0.25) is 0 Å². The number of para-hydroxylation sites is 1. The summed E-state index contributed by atoms with van der Waals surface area (Å²) in [6.45, 7) is -0.125. The zero-order valence-corrected chi connectivity index (χ0v) is 13.2. The van der Waals surface area contributed by atoms with Gasteiger partial charge in [-0.1, -0.05) is 12.1 Å². The fraction of sp³-hybridized carbons (Fsp3) is 0.353. The minimum atomic E-state index is -4.57. The lowest BCUT2D eigenvalue weighted by Crippen LogP contribution is -2.44. The minimum absolute atomic E-state index is 0.125. The first-order chi connectivity index (χ1) is 11.8. The van der Waals surface area contributed by atoms with Crippen LogP contribution in [0.25, 0.3) is 0 Å². The molecule has 0 fully saturated rings. The van der Waals surface area contributed by atoms with Crippen LogP contribution in [0.1, 0.15) is 29.7 Å². The molecule has 0 saturated heterocycles. The van der Waals surface area contributed by atoms with Crippen LogP contribution < -0.4 is 10.6 Å². The zero-order chi connectivity index (χ0) is 18.1. The lowest BCUT2D eigenvalue weighted by Gasteiger charge is -2.31. The second-order valence-corrected chi connectivity index (χ2v) is 5.99. The molecule has 1 aliphatic carbocycles. The van der Waals surface area contributed by atoms with Crippen LogP contribution in [-0.4, -0.2) is 17.7 Å². The normalized spacial score (nSPS) is 20.0. The molecule has 1 aromatic carbocycles. The number of carbonyl (C=O) groups is 1. The van der Waals surface area contributed by atoms with Crippen LogP contribution in [0.5, 0.6) is 0 Å². The first kappa shape index (κ1) is 17.3. The molecule has 3 rings (SSSR count). The summed E-state index contributed by atoms with van der Waals surface area (Å²) in [5.74, 6) is 0.665. The average Bonchev–Trinajstić information content (AvgIpc) is 3.03. The number of aliphatic hydroxyl groups is 1. The van der Waals surface area contributed by atoms with Gasteiger partial charge in [-0.05, 0) is 31.0 Å². The number of amides is 2. The molecular weight excluding hydrogens is 337 g/mol. The molecule has 134 valence electrons. The highest BCUT2D eigenvalue weighted by atomic mass is 19.4. The van der Waals surface area contributed by atoms with E-state index in [0.29, 0.717) is 30.6 Å². The van der Waals surface area contributed by atoms with Gasteiger partial charge in [-0.2, -0.15) is 13.2 Å². The molecule has 1 aliphatic rings. The molecule has 0 spiro atoms. The molecule has 0 bridgehead atoms. The van der Waals surface area contributed by atoms with Gasteiger partial charge in [-0.15, -0.1) is 0 Å². The Kier molecular flexibility index (Phi) is 4.47. The maximum Gasteiger partial charge on any atom is 0.418 e. The van der Waals surface area contributed by atoms with Gasteiger partial charge < -0.3 is 20.2 Å². The van der Waals surface area contributed by atoms with Crippen molar-refractivity contribution in [3.8, 4) is 0 Å². The van der Waals surface area contributed by atoms with Gasteiger partial charge in [0.1, 0.15) is 11.4 Å². The third-order valence-electron chi connectivity index (χ3n) is 4.26. The number of hydrogen-bond acceptors (Lipinski definition) is 3. The highest BCUT2D eigenvalue weighted by Crippen LogP contribution is 2.36. The fourth-order valence-electron chi connectivity index (χ4n) is 3.04. The third-order valence-corrected chi connectivity index (χ3v) is 4.26. The summed E-state index contributed by atoms with van der Waals surface area (Å²) in [7, 11) is 0. The van der Waals surface area contributed by atoms with Gasteiger partial charge in [-0.25, -0.2) is 4.79 Å². The van der Waals surface area contributed by atoms with Crippen molar-refractivity contribution < 1.29 is 27.5 Å². The number of fused-ring (bicyclic) bond motifs is 1. The van der Waals surface area contributed by atoms with E-state index in [0.717, 1.165) is 6.07 Å². The SMILES string of the molecule is O=C(NC[C@]1(O)CCCc2occc21)Nc1ccccc1C(F)(F)F. The summed E-state index contributed by atoms with van der Waals surface area (Å²) in [4.78, 5) is 12.0. The summed E-state index contributed by atoms with van der Waals surface area (Å²) in [6, 6.07) is 5.54. The number of urea groups is 1. The summed E-state index contributed by atoms with van der Waals surface area (Å²) in [5.41, 5.74) is -1.96. The smallest absolute Gasteiger partial charge is 0.418 e. The van der Waals surface area contributed by atoms with Crippen LogP contribution in [0.3, 0.4) is 0 Å². The van der Waals surface area contributed by atoms with Gasteiger partial charge in [0.2, 0.25) is 0 Å². The number of alkyl halides is 3. The Bertz CT molecular complexity index is 772. The summed E-state index contributed by atoms with van der Waals surface area (Å²) < 4.78 is 44.1. The van der Waals surface area contributed by atoms with E-state index in [4.69, 9.17) is 4.42 Å². The molecule has 1 heterocycles. The lowest BCUT2D eigenvalue weighted by molar-refractivity contribution is -0.136. The van der Waals surface area contributed by atoms with Gasteiger partial charge in [0.15, 0.2) is 0 Å². The Morgan fingerprint density at radius 1 is 1.28 bits per heavy atom. The molecule has 0 unspecified atom stereocenters. The van der Waals surface area contributed by atoms with Gasteiger partial charge in [0, 0.05) is 12.0 Å². The highest BCUT2D eigenvalue weighted by Gasteiger charge is 2.37. The molecule has 0 saturated carbocycles. The molecule has 1 atom stereocenters. The number of hydrogen-bond donors (Lipinski definition) is 3. The predicted octanol–water partition coefficient (Wildman–Crippen LogP) is 3.64. The van der Waals surface area contributed by atoms with Crippen LogP contribution in [0, 0.1) is 0 Å². The molecule has 8 heteroatoms. The van der Waals surface area contributed by atoms with Crippen molar-refractivity contribution in [1.29, 1.82) is 0 Å². The zero-order valence-electron chi connectivity index (χ0n) is 13.2. The van der Waals surface area contributed by atoms with Crippen molar-refractivity contribution in [2.45, 2.75) is 31.0 Å². The second-order valence-electron chi connectivity index (χ2n) is 5.99. The standard InChI is InChI=1S/C17H17F3N2O3/c18-17(19,20)11-4-1-2-5-13(11)22-15(23)21-10-16(24)8-3-6-14-12(16)7-9-25-14/h1-2,4-5,7,9,24H,3,6,8,10H2,(H2,21,22,23)/t16-/m1/s1. The topological polar surface area (TPSA) is 74.5 Å². The van der Waals surface area contributed by atoms with Crippen molar-refractivity contribution in [2.75, 3.05) is 11.9 Å². The number of rotatable bonds is 3. The molecule has 0 aliphatic heterocycles. The van der Waals surface area contributed by atoms with Gasteiger partial charge in [0.25, 0.3) is 0 Å². The van der Waals surface area contributed by atoms with E-state index in [9.17, 15) is 23.1 Å². The van der Waals surface area contributed by atoms with E-state index in [-0.39, 0.29) is 12.2 Å². The van der Waals surface area contributed by atoms with Crippen molar-refractivity contribution >= 4 is 11.7 Å². The predicted molar refractivity (Wildman–Crippen MR) is 84.0 cm³/mol. The lowest BCUT2D eigenvalue weighted by atomic mass is 9.83. The van der Waals surface area contributed by atoms with E-state index < -0.39 is 23.4 Å². The molecular formula is C17H17F3N2O3. The molecule has 2 aromatic rings. The summed E-state index contributed by atoms with van der Waals surface area (Å²) in [6.07, 6.45) is -1.27. The Labute approximate surface area is 141 Å². The van der Waals surface area contributed by atoms with Gasteiger partial charge in [0.05, 0.1) is 24.1 Å². The number of aryl methyl sites for hydroxylation is 1. The van der Waals surface area contributed by atoms with Crippen molar-refractivity contribution in [3.63, 3.8) is 0 Å². The molecule has 5 nitrogen and oxygen atoms in total. The van der Waals surface area contributed by atoms with Crippen LogP contribution in [0.15, 0.2) is 41.0 Å². The number of benzene rings is 1. The minimum Gasteiger partial charge on any atom is -0.469 e. The molecule has 3 N–H and O–H groups in total. The fourth-order valence-corrected chi connectivity index (χ4v) is 3.04. The number of nitrogens with one attached hydrogen (secondary N) is 2. The third kappa shape index (κ3) is 3.63. The Hall–Kier alpha value is -2.48. The van der Waals surface area contributed by atoms with E-state index in [1.165, 1.54) is 24.5 Å². The van der Waals surface area contributed by atoms with Crippen molar-refractivity contribution in [1.82, 2.24) is 5.32 Å². The maximum absolute atomic E-state index is 12.9. The van der Waals surface area contributed by atoms with E-state index >= 15 is 0 Å². The summed E-state index contributed by atoms with van der Waals surface area (Å²) >= 11 is 0. The van der Waals surface area contributed by atoms with Crippen molar-refractivity contribution in [2.24, 2.45) is 0 Å².